The number of halogens is 3. The van der Waals surface area contributed by atoms with Gasteiger partial charge in [0.25, 0.3) is 11.6 Å². The van der Waals surface area contributed by atoms with Crippen molar-refractivity contribution >= 4 is 39.1 Å². The minimum absolute atomic E-state index is 0.179. The van der Waals surface area contributed by atoms with Crippen LogP contribution >= 0.6 is 11.3 Å². The number of aliphatic hydroxyl groups excluding tert-OH is 1. The molecule has 2 aromatic rings. The Morgan fingerprint density at radius 1 is 1.40 bits per heavy atom. The molecule has 1 atom stereocenters. The van der Waals surface area contributed by atoms with Crippen LogP contribution in [0, 0.1) is 17.0 Å². The van der Waals surface area contributed by atoms with Crippen molar-refractivity contribution in [3.63, 3.8) is 0 Å². The molecule has 0 radical (unpaired) electrons. The minimum Gasteiger partial charge on any atom is -0.394 e. The van der Waals surface area contributed by atoms with E-state index in [0.29, 0.717) is 30.5 Å². The zero-order valence-corrected chi connectivity index (χ0v) is 16.5. The molecular formula is C17H17F3N4O5S. The first-order chi connectivity index (χ1) is 14.0. The molecule has 30 heavy (non-hydrogen) atoms. The largest absolute Gasteiger partial charge is 0.416 e. The standard InChI is InChI=1S/C17H17F3N4O5S/c1-8-9(17(18,19)20)6-10-13(12(8)24(28)29)30-15(22-10)14(26)21-11(7-25)16(27)23-4-2-3-5-23/h6,11,25H,2-5,7H2,1H3,(H,21,26)/t11-/m0/s1. The highest BCUT2D eigenvalue weighted by molar-refractivity contribution is 7.20. The average Bonchev–Trinajstić information content (AvgIpc) is 3.33. The summed E-state index contributed by atoms with van der Waals surface area (Å²) in [6.45, 7) is 1.30. The Labute approximate surface area is 171 Å². The second-order valence-corrected chi connectivity index (χ2v) is 7.76. The van der Waals surface area contributed by atoms with Gasteiger partial charge in [-0.1, -0.05) is 0 Å². The van der Waals surface area contributed by atoms with Gasteiger partial charge in [0, 0.05) is 18.7 Å². The predicted octanol–water partition coefficient (Wildman–Crippen LogP) is 2.24. The molecule has 1 aliphatic heterocycles. The fourth-order valence-corrected chi connectivity index (χ4v) is 4.34. The summed E-state index contributed by atoms with van der Waals surface area (Å²) in [5, 5.41) is 22.8. The van der Waals surface area contributed by atoms with Crippen molar-refractivity contribution in [1.82, 2.24) is 15.2 Å². The lowest BCUT2D eigenvalue weighted by molar-refractivity contribution is -0.383. The van der Waals surface area contributed by atoms with Gasteiger partial charge in [-0.3, -0.25) is 19.7 Å². The second-order valence-electron chi connectivity index (χ2n) is 6.76. The maximum atomic E-state index is 13.2. The van der Waals surface area contributed by atoms with E-state index in [1.807, 2.05) is 0 Å². The highest BCUT2D eigenvalue weighted by Gasteiger charge is 2.38. The van der Waals surface area contributed by atoms with Crippen LogP contribution < -0.4 is 5.32 Å². The number of likely N-dealkylation sites (tertiary alicyclic amines) is 1. The van der Waals surface area contributed by atoms with Crippen LogP contribution in [0.1, 0.15) is 33.8 Å². The lowest BCUT2D eigenvalue weighted by Gasteiger charge is -2.22. The number of aromatic nitrogens is 1. The Hall–Kier alpha value is -2.80. The number of carbonyl (C=O) groups is 2. The highest BCUT2D eigenvalue weighted by atomic mass is 32.1. The summed E-state index contributed by atoms with van der Waals surface area (Å²) in [5.74, 6) is -1.39. The SMILES string of the molecule is Cc1c(C(F)(F)F)cc2nc(C(=O)N[C@@H](CO)C(=O)N3CCCC3)sc2c1[N+](=O)[O-]. The van der Waals surface area contributed by atoms with E-state index in [1.165, 1.54) is 4.90 Å². The van der Waals surface area contributed by atoms with Gasteiger partial charge >= 0.3 is 6.18 Å². The van der Waals surface area contributed by atoms with E-state index in [4.69, 9.17) is 0 Å². The lowest BCUT2D eigenvalue weighted by atomic mass is 10.1. The molecule has 2 N–H and O–H groups in total. The van der Waals surface area contributed by atoms with Crippen LogP contribution in [0.25, 0.3) is 10.2 Å². The van der Waals surface area contributed by atoms with Crippen molar-refractivity contribution in [2.75, 3.05) is 19.7 Å². The fraction of sp³-hybridized carbons (Fsp3) is 0.471. The number of benzene rings is 1. The molecule has 0 unspecified atom stereocenters. The Kier molecular flexibility index (Phi) is 5.94. The number of nitro groups is 1. The summed E-state index contributed by atoms with van der Waals surface area (Å²) in [5.41, 5.74) is -2.91. The molecule has 3 rings (SSSR count). The predicted molar refractivity (Wildman–Crippen MR) is 100 cm³/mol. The van der Waals surface area contributed by atoms with E-state index in [1.54, 1.807) is 0 Å². The van der Waals surface area contributed by atoms with Crippen molar-refractivity contribution in [2.45, 2.75) is 32.0 Å². The Morgan fingerprint density at radius 2 is 2.03 bits per heavy atom. The Bertz CT molecular complexity index is 1020. The molecule has 1 aliphatic rings. The first kappa shape index (κ1) is 21.9. The number of carbonyl (C=O) groups excluding carboxylic acids is 2. The summed E-state index contributed by atoms with van der Waals surface area (Å²) < 4.78 is 39.6. The van der Waals surface area contributed by atoms with Gasteiger partial charge in [0.05, 0.1) is 22.6 Å². The van der Waals surface area contributed by atoms with Gasteiger partial charge in [-0.15, -0.1) is 11.3 Å². The first-order valence-corrected chi connectivity index (χ1v) is 9.72. The Morgan fingerprint density at radius 3 is 2.57 bits per heavy atom. The van der Waals surface area contributed by atoms with E-state index in [-0.39, 0.29) is 15.2 Å². The van der Waals surface area contributed by atoms with Gasteiger partial charge in [-0.25, -0.2) is 4.98 Å². The van der Waals surface area contributed by atoms with Crippen LogP contribution in [0.3, 0.4) is 0 Å². The number of amides is 2. The summed E-state index contributed by atoms with van der Waals surface area (Å²) in [4.78, 5) is 40.6. The van der Waals surface area contributed by atoms with E-state index in [9.17, 15) is 38.0 Å². The molecule has 2 amide bonds. The first-order valence-electron chi connectivity index (χ1n) is 8.90. The summed E-state index contributed by atoms with van der Waals surface area (Å²) in [6.07, 6.45) is -3.22. The summed E-state index contributed by atoms with van der Waals surface area (Å²) >= 11 is 0.552. The summed E-state index contributed by atoms with van der Waals surface area (Å²) in [6, 6.07) is -0.589. The Balaban J connectivity index is 1.96. The van der Waals surface area contributed by atoms with Crippen LogP contribution in [0.2, 0.25) is 0 Å². The molecule has 9 nitrogen and oxygen atoms in total. The molecule has 0 spiro atoms. The fourth-order valence-electron chi connectivity index (χ4n) is 3.32. The molecule has 0 bridgehead atoms. The zero-order valence-electron chi connectivity index (χ0n) is 15.7. The van der Waals surface area contributed by atoms with Crippen molar-refractivity contribution < 1.29 is 32.8 Å². The zero-order chi connectivity index (χ0) is 22.2. The second kappa shape index (κ2) is 8.14. The molecule has 0 aliphatic carbocycles. The maximum absolute atomic E-state index is 13.2. The van der Waals surface area contributed by atoms with Gasteiger partial charge in [0.15, 0.2) is 5.01 Å². The quantitative estimate of drug-likeness (QED) is 0.536. The molecule has 2 heterocycles. The number of hydrogen-bond donors (Lipinski definition) is 2. The molecule has 1 aromatic carbocycles. The number of rotatable bonds is 5. The number of alkyl halides is 3. The summed E-state index contributed by atoms with van der Waals surface area (Å²) in [7, 11) is 0. The van der Waals surface area contributed by atoms with Crippen molar-refractivity contribution in [3.05, 3.63) is 32.3 Å². The van der Waals surface area contributed by atoms with Gasteiger partial charge in [0.1, 0.15) is 10.7 Å². The molecule has 13 heteroatoms. The molecule has 1 saturated heterocycles. The third-order valence-corrected chi connectivity index (χ3v) is 5.87. The highest BCUT2D eigenvalue weighted by Crippen LogP contribution is 2.42. The maximum Gasteiger partial charge on any atom is 0.416 e. The van der Waals surface area contributed by atoms with Gasteiger partial charge in [-0.2, -0.15) is 13.2 Å². The van der Waals surface area contributed by atoms with Crippen molar-refractivity contribution in [2.24, 2.45) is 0 Å². The van der Waals surface area contributed by atoms with Gasteiger partial charge < -0.3 is 15.3 Å². The van der Waals surface area contributed by atoms with E-state index >= 15 is 0 Å². The molecule has 162 valence electrons. The number of nitrogens with one attached hydrogen (secondary N) is 1. The normalized spacial score (nSPS) is 15.4. The van der Waals surface area contributed by atoms with Gasteiger partial charge in [0.2, 0.25) is 5.91 Å². The van der Waals surface area contributed by atoms with Crippen LogP contribution in [-0.4, -0.2) is 57.5 Å². The minimum atomic E-state index is -4.83. The topological polar surface area (TPSA) is 126 Å². The van der Waals surface area contributed by atoms with E-state index in [2.05, 4.69) is 10.3 Å². The number of hydrogen-bond acceptors (Lipinski definition) is 7. The van der Waals surface area contributed by atoms with E-state index < -0.39 is 52.4 Å². The number of fused-ring (bicyclic) bond motifs is 1. The van der Waals surface area contributed by atoms with Gasteiger partial charge in [-0.05, 0) is 25.8 Å². The molecule has 1 aromatic heterocycles. The molecular weight excluding hydrogens is 429 g/mol. The number of nitrogens with zero attached hydrogens (tertiary/aromatic N) is 3. The molecule has 0 saturated carbocycles. The smallest absolute Gasteiger partial charge is 0.394 e. The molecule has 1 fully saturated rings. The third kappa shape index (κ3) is 4.07. The van der Waals surface area contributed by atoms with Crippen LogP contribution in [0.5, 0.6) is 0 Å². The van der Waals surface area contributed by atoms with Crippen LogP contribution in [-0.2, 0) is 11.0 Å². The monoisotopic (exact) mass is 446 g/mol. The third-order valence-electron chi connectivity index (χ3n) is 4.79. The van der Waals surface area contributed by atoms with Crippen LogP contribution in [0.4, 0.5) is 18.9 Å². The number of thiazole rings is 1. The lowest BCUT2D eigenvalue weighted by Crippen LogP contribution is -2.49. The number of aliphatic hydroxyl groups is 1. The number of nitro benzene ring substituents is 1. The van der Waals surface area contributed by atoms with Crippen LogP contribution in [0.15, 0.2) is 6.07 Å². The van der Waals surface area contributed by atoms with E-state index in [0.717, 1.165) is 19.8 Å². The average molecular weight is 446 g/mol. The van der Waals surface area contributed by atoms with Crippen molar-refractivity contribution in [1.29, 1.82) is 0 Å². The van der Waals surface area contributed by atoms with Crippen molar-refractivity contribution in [3.8, 4) is 0 Å².